The van der Waals surface area contributed by atoms with Crippen LogP contribution in [-0.2, 0) is 4.79 Å². The quantitative estimate of drug-likeness (QED) is 0.872. The van der Waals surface area contributed by atoms with E-state index in [4.69, 9.17) is 16.7 Å². The number of rotatable bonds is 4. The maximum atomic E-state index is 11.9. The summed E-state index contributed by atoms with van der Waals surface area (Å²) < 4.78 is 0. The van der Waals surface area contributed by atoms with E-state index in [-0.39, 0.29) is 10.8 Å². The highest BCUT2D eigenvalue weighted by molar-refractivity contribution is 6.29. The van der Waals surface area contributed by atoms with Crippen LogP contribution in [0.4, 0.5) is 0 Å². The fourth-order valence-electron chi connectivity index (χ4n) is 1.36. The van der Waals surface area contributed by atoms with Gasteiger partial charge in [0.1, 0.15) is 16.9 Å². The van der Waals surface area contributed by atoms with Crippen LogP contribution in [0.3, 0.4) is 0 Å². The van der Waals surface area contributed by atoms with Gasteiger partial charge < -0.3 is 10.0 Å². The van der Waals surface area contributed by atoms with Crippen molar-refractivity contribution in [2.45, 2.75) is 19.4 Å². The highest BCUT2D eigenvalue weighted by atomic mass is 35.5. The zero-order valence-electron chi connectivity index (χ0n) is 9.42. The molecule has 92 valence electrons. The lowest BCUT2D eigenvalue weighted by Gasteiger charge is -2.23. The Morgan fingerprint density at radius 3 is 2.53 bits per heavy atom. The van der Waals surface area contributed by atoms with Crippen molar-refractivity contribution in [2.24, 2.45) is 0 Å². The molecule has 0 spiro atoms. The minimum Gasteiger partial charge on any atom is -0.480 e. The average molecular weight is 258 g/mol. The monoisotopic (exact) mass is 257 g/mol. The van der Waals surface area contributed by atoms with E-state index in [9.17, 15) is 9.59 Å². The van der Waals surface area contributed by atoms with Gasteiger partial charge in [-0.2, -0.15) is 0 Å². The zero-order valence-corrected chi connectivity index (χ0v) is 10.2. The van der Waals surface area contributed by atoms with Crippen LogP contribution in [0, 0.1) is 0 Å². The summed E-state index contributed by atoms with van der Waals surface area (Å²) in [5.41, 5.74) is 0.0663. The van der Waals surface area contributed by atoms with E-state index in [1.807, 2.05) is 0 Å². The summed E-state index contributed by atoms with van der Waals surface area (Å²) >= 11 is 5.54. The number of carbonyl (C=O) groups is 2. The van der Waals surface area contributed by atoms with Crippen molar-refractivity contribution in [2.75, 3.05) is 7.05 Å². The Labute approximate surface area is 103 Å². The van der Waals surface area contributed by atoms with Crippen LogP contribution >= 0.6 is 11.6 Å². The SMILES string of the molecule is CCC(C(=O)O)N(C)C(=O)c1cnc(Cl)cn1. The lowest BCUT2D eigenvalue weighted by molar-refractivity contribution is -0.142. The molecular formula is C10H12ClN3O3. The smallest absolute Gasteiger partial charge is 0.326 e. The van der Waals surface area contributed by atoms with E-state index in [1.54, 1.807) is 6.92 Å². The van der Waals surface area contributed by atoms with Crippen molar-refractivity contribution in [3.63, 3.8) is 0 Å². The number of carbonyl (C=O) groups excluding carboxylic acids is 1. The van der Waals surface area contributed by atoms with Crippen molar-refractivity contribution in [1.82, 2.24) is 14.9 Å². The van der Waals surface area contributed by atoms with Gasteiger partial charge in [0, 0.05) is 7.05 Å². The summed E-state index contributed by atoms with van der Waals surface area (Å²) in [6.45, 7) is 1.69. The second-order valence-electron chi connectivity index (χ2n) is 3.40. The summed E-state index contributed by atoms with van der Waals surface area (Å²) in [5.74, 6) is -1.55. The first kappa shape index (κ1) is 13.4. The fourth-order valence-corrected chi connectivity index (χ4v) is 1.46. The first-order valence-corrected chi connectivity index (χ1v) is 5.32. The topological polar surface area (TPSA) is 83.4 Å². The molecule has 1 amide bonds. The van der Waals surface area contributed by atoms with E-state index >= 15 is 0 Å². The van der Waals surface area contributed by atoms with Gasteiger partial charge in [-0.15, -0.1) is 0 Å². The highest BCUT2D eigenvalue weighted by Crippen LogP contribution is 2.08. The number of aromatic nitrogens is 2. The molecule has 1 N–H and O–H groups in total. The van der Waals surface area contributed by atoms with Crippen LogP contribution in [0.1, 0.15) is 23.8 Å². The summed E-state index contributed by atoms with van der Waals surface area (Å²) in [6.07, 6.45) is 2.78. The minimum absolute atomic E-state index is 0.0663. The Balaban J connectivity index is 2.89. The second kappa shape index (κ2) is 5.58. The van der Waals surface area contributed by atoms with Crippen LogP contribution < -0.4 is 0 Å². The first-order chi connectivity index (χ1) is 7.97. The van der Waals surface area contributed by atoms with Crippen LogP contribution in [0.15, 0.2) is 12.4 Å². The van der Waals surface area contributed by atoms with Gasteiger partial charge in [-0.3, -0.25) is 4.79 Å². The molecule has 17 heavy (non-hydrogen) atoms. The van der Waals surface area contributed by atoms with Gasteiger partial charge in [0.15, 0.2) is 0 Å². The molecule has 1 unspecified atom stereocenters. The number of aliphatic carboxylic acids is 1. The molecule has 1 atom stereocenters. The molecule has 0 saturated heterocycles. The van der Waals surface area contributed by atoms with E-state index in [0.29, 0.717) is 6.42 Å². The second-order valence-corrected chi connectivity index (χ2v) is 3.79. The van der Waals surface area contributed by atoms with Gasteiger partial charge in [-0.25, -0.2) is 14.8 Å². The maximum absolute atomic E-state index is 11.9. The Hall–Kier alpha value is -1.69. The number of amides is 1. The van der Waals surface area contributed by atoms with Crippen LogP contribution in [0.2, 0.25) is 5.15 Å². The van der Waals surface area contributed by atoms with Gasteiger partial charge in [0.05, 0.1) is 12.4 Å². The lowest BCUT2D eigenvalue weighted by Crippen LogP contribution is -2.42. The molecule has 0 radical (unpaired) electrons. The Morgan fingerprint density at radius 2 is 2.12 bits per heavy atom. The van der Waals surface area contributed by atoms with Gasteiger partial charge in [0.2, 0.25) is 0 Å². The Morgan fingerprint density at radius 1 is 1.47 bits per heavy atom. The number of nitrogens with zero attached hydrogens (tertiary/aromatic N) is 3. The summed E-state index contributed by atoms with van der Waals surface area (Å²) in [6, 6.07) is -0.875. The summed E-state index contributed by atoms with van der Waals surface area (Å²) in [7, 11) is 1.42. The molecule has 0 aromatic carbocycles. The maximum Gasteiger partial charge on any atom is 0.326 e. The van der Waals surface area contributed by atoms with Crippen LogP contribution in [-0.4, -0.2) is 44.9 Å². The molecule has 0 saturated carbocycles. The molecule has 1 heterocycles. The molecule has 0 bridgehead atoms. The van der Waals surface area contributed by atoms with Crippen LogP contribution in [0.25, 0.3) is 0 Å². The molecule has 1 aromatic heterocycles. The summed E-state index contributed by atoms with van der Waals surface area (Å²) in [4.78, 5) is 31.4. The first-order valence-electron chi connectivity index (χ1n) is 4.94. The van der Waals surface area contributed by atoms with E-state index in [0.717, 1.165) is 4.90 Å². The molecule has 0 aliphatic rings. The molecular weight excluding hydrogens is 246 g/mol. The fraction of sp³-hybridized carbons (Fsp3) is 0.400. The third-order valence-corrected chi connectivity index (χ3v) is 2.49. The average Bonchev–Trinajstić information content (AvgIpc) is 2.29. The summed E-state index contributed by atoms with van der Waals surface area (Å²) in [5, 5.41) is 9.11. The van der Waals surface area contributed by atoms with Crippen LogP contribution in [0.5, 0.6) is 0 Å². The van der Waals surface area contributed by atoms with Gasteiger partial charge in [0.25, 0.3) is 5.91 Å². The van der Waals surface area contributed by atoms with E-state index < -0.39 is 17.9 Å². The molecule has 7 heteroatoms. The van der Waals surface area contributed by atoms with Gasteiger partial charge >= 0.3 is 5.97 Å². The Bertz CT molecular complexity index is 421. The van der Waals surface area contributed by atoms with E-state index in [1.165, 1.54) is 19.4 Å². The van der Waals surface area contributed by atoms with Crippen molar-refractivity contribution in [3.8, 4) is 0 Å². The third-order valence-electron chi connectivity index (χ3n) is 2.30. The van der Waals surface area contributed by atoms with Gasteiger partial charge in [-0.1, -0.05) is 18.5 Å². The number of hydrogen-bond donors (Lipinski definition) is 1. The Kier molecular flexibility index (Phi) is 4.39. The number of likely N-dealkylation sites (N-methyl/N-ethyl adjacent to an activating group) is 1. The number of hydrogen-bond acceptors (Lipinski definition) is 4. The normalized spacial score (nSPS) is 11.9. The molecule has 0 fully saturated rings. The number of carboxylic acids is 1. The predicted octanol–water partition coefficient (Wildman–Crippen LogP) is 1.07. The third kappa shape index (κ3) is 3.13. The zero-order chi connectivity index (χ0) is 13.0. The van der Waals surface area contributed by atoms with Crippen molar-refractivity contribution in [1.29, 1.82) is 0 Å². The largest absolute Gasteiger partial charge is 0.480 e. The minimum atomic E-state index is -1.05. The number of halogens is 1. The molecule has 0 aliphatic carbocycles. The van der Waals surface area contributed by atoms with Crippen molar-refractivity contribution in [3.05, 3.63) is 23.2 Å². The lowest BCUT2D eigenvalue weighted by atomic mass is 10.2. The van der Waals surface area contributed by atoms with Crippen molar-refractivity contribution >= 4 is 23.5 Å². The van der Waals surface area contributed by atoms with Gasteiger partial charge in [-0.05, 0) is 6.42 Å². The molecule has 0 aliphatic heterocycles. The standard InChI is InChI=1S/C10H12ClN3O3/c1-3-7(10(16)17)14(2)9(15)6-4-13-8(11)5-12-6/h4-5,7H,3H2,1-2H3,(H,16,17). The van der Waals surface area contributed by atoms with Crippen molar-refractivity contribution < 1.29 is 14.7 Å². The number of carboxylic acid groups (broad SMARTS) is 1. The van der Waals surface area contributed by atoms with E-state index in [2.05, 4.69) is 9.97 Å². The molecule has 6 nitrogen and oxygen atoms in total. The highest BCUT2D eigenvalue weighted by Gasteiger charge is 2.26. The predicted molar refractivity (Wildman–Crippen MR) is 60.9 cm³/mol. The molecule has 1 aromatic rings. The molecule has 1 rings (SSSR count).